The molecule has 3 aromatic rings. The molecule has 41 heavy (non-hydrogen) atoms. The molecule has 0 bridgehead atoms. The standard InChI is InChI=1S/C23H27N7O7P2S2/c24-21-20-23(28-10-27-21)30(11-29-20)19-5-14-6-34-38(32)35-8-16-13(7-36-39(33,41-40)37-9-17(14)19)3-15(16)12-1-2-26-18(4-12)22(25)31/h1-2,4,10-11,13-17,19H,3,5-9H2,(H4-,24,25,27,28,31,40)/p+1/t13-,14-,15+,16-,17?,19-,39?/m1/s1. The van der Waals surface area contributed by atoms with Crippen molar-refractivity contribution in [3.8, 4) is 0 Å². The summed E-state index contributed by atoms with van der Waals surface area (Å²) < 4.78 is 51.3. The van der Waals surface area contributed by atoms with Crippen molar-refractivity contribution in [3.63, 3.8) is 0 Å². The van der Waals surface area contributed by atoms with Crippen LogP contribution >= 0.6 is 37.1 Å². The van der Waals surface area contributed by atoms with Gasteiger partial charge in [-0.05, 0) is 54.2 Å². The minimum absolute atomic E-state index is 0.0235. The van der Waals surface area contributed by atoms with E-state index in [4.69, 9.17) is 29.6 Å². The third-order valence-electron chi connectivity index (χ3n) is 8.27. The number of thiol groups is 1. The van der Waals surface area contributed by atoms with E-state index in [9.17, 15) is 13.9 Å². The number of nitrogens with two attached hydrogens (primary N) is 2. The Kier molecular flexibility index (Phi) is 8.36. The first-order chi connectivity index (χ1) is 19.8. The van der Waals surface area contributed by atoms with Gasteiger partial charge in [0, 0.05) is 33.1 Å². The van der Waals surface area contributed by atoms with Crippen LogP contribution in [0.5, 0.6) is 0 Å². The Labute approximate surface area is 244 Å². The second-order valence-corrected chi connectivity index (χ2v) is 16.2. The predicted molar refractivity (Wildman–Crippen MR) is 153 cm³/mol. The number of aromatic nitrogens is 5. The summed E-state index contributed by atoms with van der Waals surface area (Å²) in [5, 5.41) is 0. The Morgan fingerprint density at radius 2 is 1.85 bits per heavy atom. The average Bonchev–Trinajstić information content (AvgIpc) is 3.36. The predicted octanol–water partition coefficient (Wildman–Crippen LogP) is 3.92. The molecule has 18 heteroatoms. The summed E-state index contributed by atoms with van der Waals surface area (Å²) in [6, 6.07) is 3.36. The minimum Gasteiger partial charge on any atom is -0.382 e. The van der Waals surface area contributed by atoms with Gasteiger partial charge in [0.05, 0.1) is 19.5 Å². The van der Waals surface area contributed by atoms with Crippen LogP contribution in [0.25, 0.3) is 11.2 Å². The molecule has 0 aromatic carbocycles. The fraction of sp³-hybridized carbons (Fsp3) is 0.522. The smallest absolute Gasteiger partial charge is 0.382 e. The molecule has 3 aliphatic rings. The number of primary amides is 1. The third-order valence-corrected chi connectivity index (χ3v) is 13.2. The number of nitrogen functional groups attached to an aromatic ring is 1. The van der Waals surface area contributed by atoms with E-state index in [2.05, 4.69) is 31.6 Å². The van der Waals surface area contributed by atoms with E-state index < -0.39 is 21.0 Å². The molecule has 8 atom stereocenters. The van der Waals surface area contributed by atoms with Crippen LogP contribution in [0, 0.1) is 23.7 Å². The van der Waals surface area contributed by atoms with Crippen molar-refractivity contribution in [1.29, 1.82) is 0 Å². The molecule has 1 saturated heterocycles. The number of rotatable bonds is 4. The lowest BCUT2D eigenvalue weighted by atomic mass is 9.63. The van der Waals surface area contributed by atoms with Crippen LogP contribution in [0.1, 0.15) is 40.9 Å². The van der Waals surface area contributed by atoms with Crippen LogP contribution in [-0.2, 0) is 27.2 Å². The lowest BCUT2D eigenvalue weighted by Gasteiger charge is -2.45. The second kappa shape index (κ2) is 11.8. The van der Waals surface area contributed by atoms with Crippen molar-refractivity contribution in [2.24, 2.45) is 29.4 Å². The number of imidazole rings is 1. The fourth-order valence-corrected chi connectivity index (χ4v) is 8.96. The SMILES string of the molecule is NC(=O)c1cc([C@@H]2C[C@@H]3COP(=O)(SS)OCC4[C@@H](CO[P+](=O)OC[C@H]32)C[C@H]4n2cnc3c(N)ncnc32)ccn1. The fourth-order valence-electron chi connectivity index (χ4n) is 5.89. The highest BCUT2D eigenvalue weighted by molar-refractivity contribution is 8.93. The van der Waals surface area contributed by atoms with Gasteiger partial charge in [-0.3, -0.25) is 18.8 Å². The van der Waals surface area contributed by atoms with E-state index in [0.717, 1.165) is 16.0 Å². The molecule has 6 rings (SSSR count). The van der Waals surface area contributed by atoms with Crippen LogP contribution < -0.4 is 11.5 Å². The molecule has 1 amide bonds. The molecular formula is C23H28N7O7P2S2+. The van der Waals surface area contributed by atoms with Gasteiger partial charge in [-0.15, -0.1) is 9.05 Å². The summed E-state index contributed by atoms with van der Waals surface area (Å²) in [4.78, 5) is 28.3. The first-order valence-electron chi connectivity index (χ1n) is 12.9. The molecule has 2 aliphatic carbocycles. The minimum atomic E-state index is -3.62. The second-order valence-electron chi connectivity index (χ2n) is 10.4. The molecule has 1 aliphatic heterocycles. The molecule has 0 spiro atoms. The lowest BCUT2D eigenvalue weighted by Crippen LogP contribution is -2.43. The summed E-state index contributed by atoms with van der Waals surface area (Å²) in [6.45, 7) is -3.12. The van der Waals surface area contributed by atoms with Crippen LogP contribution in [0.4, 0.5) is 5.82 Å². The normalized spacial score (nSPS) is 33.5. The van der Waals surface area contributed by atoms with Gasteiger partial charge in [-0.2, -0.15) is 0 Å². The van der Waals surface area contributed by atoms with Crippen molar-refractivity contribution >= 4 is 60.0 Å². The Hall–Kier alpha value is -2.16. The first-order valence-corrected chi connectivity index (χ1v) is 18.0. The molecule has 0 radical (unpaired) electrons. The van der Waals surface area contributed by atoms with Crippen LogP contribution in [0.2, 0.25) is 0 Å². The number of anilines is 1. The van der Waals surface area contributed by atoms with Crippen LogP contribution in [0.3, 0.4) is 0 Å². The first kappa shape index (κ1) is 28.9. The van der Waals surface area contributed by atoms with Gasteiger partial charge in [-0.25, -0.2) is 19.5 Å². The molecule has 14 nitrogen and oxygen atoms in total. The molecule has 4 N–H and O–H groups in total. The molecule has 3 aromatic heterocycles. The van der Waals surface area contributed by atoms with Crippen molar-refractivity contribution < 1.29 is 32.0 Å². The molecular weight excluding hydrogens is 612 g/mol. The summed E-state index contributed by atoms with van der Waals surface area (Å²) in [5.41, 5.74) is 13.5. The highest BCUT2D eigenvalue weighted by atomic mass is 33.3. The van der Waals surface area contributed by atoms with E-state index >= 15 is 0 Å². The van der Waals surface area contributed by atoms with Crippen LogP contribution in [0.15, 0.2) is 31.0 Å². The topological polar surface area (TPSA) is 197 Å². The maximum Gasteiger partial charge on any atom is 0.697 e. The summed E-state index contributed by atoms with van der Waals surface area (Å²) in [7, 11) is -1.64. The van der Waals surface area contributed by atoms with Gasteiger partial charge in [0.1, 0.15) is 30.8 Å². The number of fused-ring (bicyclic) bond motifs is 3. The van der Waals surface area contributed by atoms with Crippen LogP contribution in [-0.4, -0.2) is 56.8 Å². The Morgan fingerprint density at radius 1 is 1.07 bits per heavy atom. The summed E-state index contributed by atoms with van der Waals surface area (Å²) in [5.74, 6) is -0.795. The maximum atomic E-state index is 13.5. The van der Waals surface area contributed by atoms with Gasteiger partial charge in [0.2, 0.25) is 0 Å². The zero-order valence-corrected chi connectivity index (χ0v) is 25.1. The quantitative estimate of drug-likeness (QED) is 0.211. The highest BCUT2D eigenvalue weighted by Crippen LogP contribution is 2.65. The number of carbonyl (C=O) groups excluding carboxylic acids is 1. The molecule has 3 unspecified atom stereocenters. The van der Waals surface area contributed by atoms with Gasteiger partial charge in [0.15, 0.2) is 11.5 Å². The molecule has 218 valence electrons. The third kappa shape index (κ3) is 5.76. The number of nitrogens with zero attached hydrogens (tertiary/aromatic N) is 5. The Morgan fingerprint density at radius 3 is 2.66 bits per heavy atom. The zero-order valence-electron chi connectivity index (χ0n) is 21.6. The number of amides is 1. The van der Waals surface area contributed by atoms with E-state index in [1.54, 1.807) is 12.4 Å². The van der Waals surface area contributed by atoms with Crippen molar-refractivity contribution in [2.75, 3.05) is 32.2 Å². The Balaban J connectivity index is 1.19. The van der Waals surface area contributed by atoms with E-state index in [0.29, 0.717) is 24.0 Å². The Bertz CT molecular complexity index is 1530. The number of hydrogen-bond donors (Lipinski definition) is 3. The monoisotopic (exact) mass is 640 g/mol. The van der Waals surface area contributed by atoms with Gasteiger partial charge >= 0.3 is 15.1 Å². The zero-order chi connectivity index (χ0) is 28.7. The largest absolute Gasteiger partial charge is 0.697 e. The number of carbonyl (C=O) groups is 1. The maximum absolute atomic E-state index is 13.5. The molecule has 2 saturated carbocycles. The van der Waals surface area contributed by atoms with Gasteiger partial charge < -0.3 is 16.0 Å². The van der Waals surface area contributed by atoms with Crippen molar-refractivity contribution in [1.82, 2.24) is 24.5 Å². The summed E-state index contributed by atoms with van der Waals surface area (Å²) in [6.07, 6.45) is 5.88. The van der Waals surface area contributed by atoms with E-state index in [1.807, 2.05) is 10.6 Å². The lowest BCUT2D eigenvalue weighted by molar-refractivity contribution is -0.0110. The average molecular weight is 641 g/mol. The summed E-state index contributed by atoms with van der Waals surface area (Å²) >= 11 is 4.20. The number of pyridine rings is 1. The van der Waals surface area contributed by atoms with E-state index in [1.165, 1.54) is 12.5 Å². The van der Waals surface area contributed by atoms with Crippen molar-refractivity contribution in [2.45, 2.75) is 24.8 Å². The number of hydrogen-bond acceptors (Lipinski definition) is 14. The highest BCUT2D eigenvalue weighted by Gasteiger charge is 2.49. The van der Waals surface area contributed by atoms with E-state index in [-0.39, 0.29) is 73.6 Å². The molecule has 3 fully saturated rings. The van der Waals surface area contributed by atoms with Crippen molar-refractivity contribution in [3.05, 3.63) is 42.2 Å². The van der Waals surface area contributed by atoms with Gasteiger partial charge in [0.25, 0.3) is 5.91 Å². The molecule has 4 heterocycles. The van der Waals surface area contributed by atoms with Gasteiger partial charge in [-0.1, -0.05) is 11.7 Å².